The first-order valence-corrected chi connectivity index (χ1v) is 6.06. The van der Waals surface area contributed by atoms with E-state index < -0.39 is 24.1 Å². The van der Waals surface area contributed by atoms with Gasteiger partial charge in [0.2, 0.25) is 0 Å². The molecular formula is C11H21N3O4. The van der Waals surface area contributed by atoms with Crippen LogP contribution in [-0.2, 0) is 4.79 Å². The summed E-state index contributed by atoms with van der Waals surface area (Å²) in [5, 5.41) is 23.1. The molecule has 0 spiro atoms. The number of carbonyl (C=O) groups excluding carboxylic acids is 1. The first-order chi connectivity index (χ1) is 8.40. The highest BCUT2D eigenvalue weighted by Crippen LogP contribution is 2.07. The standard InChI is InChI=1S/C11H21N3O4/c1-7(15)9(10(16)17)13-11(18)12-8-3-5-14(2)6-4-8/h7-9,15H,3-6H2,1-2H3,(H,16,17)(H2,12,13,18). The molecule has 1 rings (SSSR count). The summed E-state index contributed by atoms with van der Waals surface area (Å²) in [6.07, 6.45) is 0.554. The summed E-state index contributed by atoms with van der Waals surface area (Å²) >= 11 is 0. The third-order valence-electron chi connectivity index (χ3n) is 3.09. The van der Waals surface area contributed by atoms with Gasteiger partial charge in [0, 0.05) is 6.04 Å². The van der Waals surface area contributed by atoms with Crippen LogP contribution in [0.3, 0.4) is 0 Å². The number of hydrogen-bond donors (Lipinski definition) is 4. The molecule has 0 aromatic rings. The first kappa shape index (κ1) is 14.7. The number of hydrogen-bond acceptors (Lipinski definition) is 4. The van der Waals surface area contributed by atoms with Crippen LogP contribution in [0.5, 0.6) is 0 Å². The van der Waals surface area contributed by atoms with Gasteiger partial charge in [-0.2, -0.15) is 0 Å². The van der Waals surface area contributed by atoms with Crippen molar-refractivity contribution < 1.29 is 19.8 Å². The van der Waals surface area contributed by atoms with Crippen LogP contribution in [-0.4, -0.2) is 65.4 Å². The lowest BCUT2D eigenvalue weighted by Crippen LogP contribution is -2.54. The molecule has 4 N–H and O–H groups in total. The van der Waals surface area contributed by atoms with E-state index >= 15 is 0 Å². The van der Waals surface area contributed by atoms with Crippen molar-refractivity contribution in [3.63, 3.8) is 0 Å². The van der Waals surface area contributed by atoms with Gasteiger partial charge in [-0.05, 0) is 39.9 Å². The topological polar surface area (TPSA) is 102 Å². The molecule has 0 aliphatic carbocycles. The molecule has 1 fully saturated rings. The maximum absolute atomic E-state index is 11.6. The molecule has 1 heterocycles. The smallest absolute Gasteiger partial charge is 0.328 e. The fraction of sp³-hybridized carbons (Fsp3) is 0.818. The van der Waals surface area contributed by atoms with E-state index in [1.165, 1.54) is 6.92 Å². The largest absolute Gasteiger partial charge is 0.480 e. The summed E-state index contributed by atoms with van der Waals surface area (Å²) in [5.74, 6) is -1.25. The third-order valence-corrected chi connectivity index (χ3v) is 3.09. The monoisotopic (exact) mass is 259 g/mol. The summed E-state index contributed by atoms with van der Waals surface area (Å²) in [5.41, 5.74) is 0. The maximum atomic E-state index is 11.6. The summed E-state index contributed by atoms with van der Waals surface area (Å²) in [6, 6.07) is -1.77. The lowest BCUT2D eigenvalue weighted by atomic mass is 10.1. The Bertz CT molecular complexity index is 301. The molecule has 2 unspecified atom stereocenters. The fourth-order valence-electron chi connectivity index (χ4n) is 1.91. The van der Waals surface area contributed by atoms with E-state index in [1.807, 2.05) is 7.05 Å². The Morgan fingerprint density at radius 2 is 1.89 bits per heavy atom. The molecule has 7 heteroatoms. The van der Waals surface area contributed by atoms with Gasteiger partial charge in [0.15, 0.2) is 6.04 Å². The average molecular weight is 259 g/mol. The Morgan fingerprint density at radius 3 is 2.33 bits per heavy atom. The molecule has 0 bridgehead atoms. The Morgan fingerprint density at radius 1 is 1.33 bits per heavy atom. The molecule has 0 aromatic heterocycles. The summed E-state index contributed by atoms with van der Waals surface area (Å²) < 4.78 is 0. The van der Waals surface area contributed by atoms with E-state index in [2.05, 4.69) is 15.5 Å². The number of carbonyl (C=O) groups is 2. The van der Waals surface area contributed by atoms with E-state index in [9.17, 15) is 14.7 Å². The van der Waals surface area contributed by atoms with Crippen molar-refractivity contribution in [2.45, 2.75) is 38.0 Å². The second-order valence-corrected chi connectivity index (χ2v) is 4.75. The zero-order valence-electron chi connectivity index (χ0n) is 10.7. The number of amides is 2. The van der Waals surface area contributed by atoms with Crippen LogP contribution in [0.15, 0.2) is 0 Å². The van der Waals surface area contributed by atoms with Crippen molar-refractivity contribution in [2.75, 3.05) is 20.1 Å². The van der Waals surface area contributed by atoms with Gasteiger partial charge in [-0.3, -0.25) is 0 Å². The van der Waals surface area contributed by atoms with Crippen molar-refractivity contribution in [3.8, 4) is 0 Å². The second kappa shape index (κ2) is 6.55. The van der Waals surface area contributed by atoms with Gasteiger partial charge >= 0.3 is 12.0 Å². The Balaban J connectivity index is 2.38. The van der Waals surface area contributed by atoms with Crippen LogP contribution in [0.4, 0.5) is 4.79 Å². The van der Waals surface area contributed by atoms with Gasteiger partial charge in [0.05, 0.1) is 6.10 Å². The van der Waals surface area contributed by atoms with Crippen LogP contribution >= 0.6 is 0 Å². The average Bonchev–Trinajstić information content (AvgIpc) is 2.28. The van der Waals surface area contributed by atoms with Gasteiger partial charge in [0.25, 0.3) is 0 Å². The van der Waals surface area contributed by atoms with Crippen LogP contribution < -0.4 is 10.6 Å². The summed E-state index contributed by atoms with van der Waals surface area (Å²) in [6.45, 7) is 3.14. The number of rotatable bonds is 4. The number of urea groups is 1. The van der Waals surface area contributed by atoms with Gasteiger partial charge in [-0.1, -0.05) is 0 Å². The van der Waals surface area contributed by atoms with E-state index in [4.69, 9.17) is 5.11 Å². The van der Waals surface area contributed by atoms with Gasteiger partial charge in [-0.15, -0.1) is 0 Å². The van der Waals surface area contributed by atoms with E-state index in [-0.39, 0.29) is 6.04 Å². The highest BCUT2D eigenvalue weighted by atomic mass is 16.4. The zero-order valence-corrected chi connectivity index (χ0v) is 10.7. The van der Waals surface area contributed by atoms with Crippen LogP contribution in [0, 0.1) is 0 Å². The number of aliphatic carboxylic acids is 1. The first-order valence-electron chi connectivity index (χ1n) is 6.06. The molecule has 2 atom stereocenters. The second-order valence-electron chi connectivity index (χ2n) is 4.75. The number of piperidine rings is 1. The highest BCUT2D eigenvalue weighted by molar-refractivity contribution is 5.83. The van der Waals surface area contributed by atoms with E-state index in [0.29, 0.717) is 0 Å². The van der Waals surface area contributed by atoms with E-state index in [0.717, 1.165) is 25.9 Å². The number of aliphatic hydroxyl groups is 1. The Hall–Kier alpha value is -1.34. The van der Waals surface area contributed by atoms with Crippen molar-refractivity contribution in [1.82, 2.24) is 15.5 Å². The maximum Gasteiger partial charge on any atom is 0.328 e. The number of likely N-dealkylation sites (tertiary alicyclic amines) is 1. The van der Waals surface area contributed by atoms with Crippen molar-refractivity contribution in [3.05, 3.63) is 0 Å². The van der Waals surface area contributed by atoms with E-state index in [1.54, 1.807) is 0 Å². The normalized spacial score (nSPS) is 21.1. The number of nitrogens with zero attached hydrogens (tertiary/aromatic N) is 1. The molecule has 1 aliphatic rings. The van der Waals surface area contributed by atoms with Crippen LogP contribution in [0.2, 0.25) is 0 Å². The Labute approximate surface area is 106 Å². The number of nitrogens with one attached hydrogen (secondary N) is 2. The molecule has 1 saturated heterocycles. The minimum absolute atomic E-state index is 0.0599. The van der Waals surface area contributed by atoms with Crippen molar-refractivity contribution in [2.24, 2.45) is 0 Å². The number of carboxylic acid groups (broad SMARTS) is 1. The third kappa shape index (κ3) is 4.50. The molecule has 7 nitrogen and oxygen atoms in total. The van der Waals surface area contributed by atoms with Gasteiger partial charge in [0.1, 0.15) is 0 Å². The van der Waals surface area contributed by atoms with Crippen LogP contribution in [0.1, 0.15) is 19.8 Å². The molecule has 104 valence electrons. The lowest BCUT2D eigenvalue weighted by molar-refractivity contribution is -0.141. The summed E-state index contributed by atoms with van der Waals surface area (Å²) in [7, 11) is 2.02. The molecule has 18 heavy (non-hydrogen) atoms. The lowest BCUT2D eigenvalue weighted by Gasteiger charge is -2.30. The minimum atomic E-state index is -1.28. The van der Waals surface area contributed by atoms with Gasteiger partial charge in [-0.25, -0.2) is 9.59 Å². The highest BCUT2D eigenvalue weighted by Gasteiger charge is 2.26. The Kier molecular flexibility index (Phi) is 5.36. The van der Waals surface area contributed by atoms with Crippen molar-refractivity contribution >= 4 is 12.0 Å². The van der Waals surface area contributed by atoms with Crippen molar-refractivity contribution in [1.29, 1.82) is 0 Å². The predicted molar refractivity (Wildman–Crippen MR) is 65.3 cm³/mol. The molecule has 0 saturated carbocycles. The zero-order chi connectivity index (χ0) is 13.7. The van der Waals surface area contributed by atoms with Crippen LogP contribution in [0.25, 0.3) is 0 Å². The fourth-order valence-corrected chi connectivity index (χ4v) is 1.91. The molecule has 0 radical (unpaired) electrons. The SMILES string of the molecule is CC(O)C(NC(=O)NC1CCN(C)CC1)C(=O)O. The molecule has 0 aromatic carbocycles. The van der Waals surface area contributed by atoms with Gasteiger partial charge < -0.3 is 25.7 Å². The number of aliphatic hydroxyl groups excluding tert-OH is 1. The number of carboxylic acids is 1. The summed E-state index contributed by atoms with van der Waals surface area (Å²) in [4.78, 5) is 24.6. The predicted octanol–water partition coefficient (Wildman–Crippen LogP) is -0.786. The molecule has 1 aliphatic heterocycles. The molecular weight excluding hydrogens is 238 g/mol. The molecule has 2 amide bonds. The minimum Gasteiger partial charge on any atom is -0.480 e. The quantitative estimate of drug-likeness (QED) is 0.530.